The van der Waals surface area contributed by atoms with Crippen molar-refractivity contribution in [3.05, 3.63) is 29.8 Å². The van der Waals surface area contributed by atoms with Gasteiger partial charge in [-0.15, -0.1) is 0 Å². The van der Waals surface area contributed by atoms with E-state index in [0.717, 1.165) is 25.3 Å². The first-order chi connectivity index (χ1) is 10.5. The van der Waals surface area contributed by atoms with Crippen molar-refractivity contribution in [1.82, 2.24) is 10.6 Å². The Hall–Kier alpha value is -1.55. The van der Waals surface area contributed by atoms with Crippen LogP contribution in [0.2, 0.25) is 0 Å². The first-order valence-corrected chi connectivity index (χ1v) is 8.25. The molecule has 1 aromatic carbocycles. The van der Waals surface area contributed by atoms with Crippen LogP contribution in [0, 0.1) is 17.8 Å². The van der Waals surface area contributed by atoms with Crippen LogP contribution in [0.1, 0.15) is 26.3 Å². The maximum atomic E-state index is 12.4. The van der Waals surface area contributed by atoms with E-state index in [1.54, 1.807) is 0 Å². The molecule has 1 aromatic rings. The first-order valence-electron chi connectivity index (χ1n) is 8.25. The quantitative estimate of drug-likeness (QED) is 0.845. The van der Waals surface area contributed by atoms with Gasteiger partial charge in [0, 0.05) is 5.92 Å². The van der Waals surface area contributed by atoms with Gasteiger partial charge in [0.25, 0.3) is 0 Å². The Morgan fingerprint density at radius 2 is 2.00 bits per heavy atom. The van der Waals surface area contributed by atoms with Crippen LogP contribution in [-0.4, -0.2) is 31.1 Å². The van der Waals surface area contributed by atoms with Crippen LogP contribution in [0.4, 0.5) is 0 Å². The van der Waals surface area contributed by atoms with E-state index in [1.807, 2.05) is 32.0 Å². The van der Waals surface area contributed by atoms with Gasteiger partial charge in [-0.3, -0.25) is 4.79 Å². The van der Waals surface area contributed by atoms with Gasteiger partial charge < -0.3 is 15.4 Å². The second-order valence-corrected chi connectivity index (χ2v) is 7.13. The maximum absolute atomic E-state index is 12.4. The topological polar surface area (TPSA) is 50.4 Å². The molecule has 2 fully saturated rings. The number of nitrogens with one attached hydrogen (secondary N) is 2. The lowest BCUT2D eigenvalue weighted by molar-refractivity contribution is -0.125. The number of para-hydroxylation sites is 1. The van der Waals surface area contributed by atoms with Crippen molar-refractivity contribution < 1.29 is 9.53 Å². The molecule has 1 saturated heterocycles. The summed E-state index contributed by atoms with van der Waals surface area (Å²) >= 11 is 0. The summed E-state index contributed by atoms with van der Waals surface area (Å²) in [4.78, 5) is 12.4. The second-order valence-electron chi connectivity index (χ2n) is 7.13. The van der Waals surface area contributed by atoms with Crippen LogP contribution in [0.25, 0.3) is 0 Å². The van der Waals surface area contributed by atoms with E-state index in [4.69, 9.17) is 4.74 Å². The Labute approximate surface area is 132 Å². The van der Waals surface area contributed by atoms with E-state index < -0.39 is 0 Å². The molecule has 0 bridgehead atoms. The number of aryl methyl sites for hydroxylation is 1. The lowest BCUT2D eigenvalue weighted by Gasteiger charge is -2.27. The zero-order chi connectivity index (χ0) is 15.7. The first kappa shape index (κ1) is 15.3. The van der Waals surface area contributed by atoms with Crippen molar-refractivity contribution in [1.29, 1.82) is 0 Å². The average molecular weight is 302 g/mol. The van der Waals surface area contributed by atoms with E-state index in [9.17, 15) is 4.79 Å². The molecular formula is C18H26N2O2. The number of carbonyl (C=O) groups is 1. The number of fused-ring (bicyclic) bond motifs is 1. The number of ether oxygens (including phenoxy) is 1. The highest BCUT2D eigenvalue weighted by Gasteiger charge is 2.57. The van der Waals surface area contributed by atoms with Crippen LogP contribution >= 0.6 is 0 Å². The molecule has 0 spiro atoms. The van der Waals surface area contributed by atoms with E-state index in [1.165, 1.54) is 5.56 Å². The van der Waals surface area contributed by atoms with Crippen LogP contribution in [0.15, 0.2) is 24.3 Å². The van der Waals surface area contributed by atoms with Crippen molar-refractivity contribution in [3.63, 3.8) is 0 Å². The predicted octanol–water partition coefficient (Wildman–Crippen LogP) is 1.99. The summed E-state index contributed by atoms with van der Waals surface area (Å²) in [7, 11) is 0. The number of amides is 1. The SMILES string of the molecule is CCc1ccccc1OCC(C)(C)NC(=O)C1C2CNCC21. The van der Waals surface area contributed by atoms with E-state index in [-0.39, 0.29) is 17.4 Å². The molecular weight excluding hydrogens is 276 g/mol. The van der Waals surface area contributed by atoms with Gasteiger partial charge in [0.1, 0.15) is 12.4 Å². The molecule has 2 unspecified atom stereocenters. The lowest BCUT2D eigenvalue weighted by Crippen LogP contribution is -2.49. The summed E-state index contributed by atoms with van der Waals surface area (Å²) in [5.41, 5.74) is 0.842. The summed E-state index contributed by atoms with van der Waals surface area (Å²) in [5, 5.41) is 6.49. The summed E-state index contributed by atoms with van der Waals surface area (Å²) in [6, 6.07) is 8.09. The van der Waals surface area contributed by atoms with Crippen molar-refractivity contribution in [2.45, 2.75) is 32.7 Å². The Bertz CT molecular complexity index is 546. The largest absolute Gasteiger partial charge is 0.491 e. The third kappa shape index (κ3) is 3.12. The molecule has 22 heavy (non-hydrogen) atoms. The van der Waals surface area contributed by atoms with Crippen molar-refractivity contribution >= 4 is 5.91 Å². The van der Waals surface area contributed by atoms with E-state index in [0.29, 0.717) is 18.4 Å². The Morgan fingerprint density at radius 1 is 1.32 bits per heavy atom. The second kappa shape index (κ2) is 5.92. The summed E-state index contributed by atoms with van der Waals surface area (Å²) in [6.07, 6.45) is 0.946. The minimum Gasteiger partial charge on any atom is -0.491 e. The number of benzene rings is 1. The molecule has 2 aliphatic rings. The van der Waals surface area contributed by atoms with E-state index >= 15 is 0 Å². The summed E-state index contributed by atoms with van der Waals surface area (Å²) in [6.45, 7) is 8.63. The van der Waals surface area contributed by atoms with Gasteiger partial charge >= 0.3 is 0 Å². The maximum Gasteiger partial charge on any atom is 0.224 e. The summed E-state index contributed by atoms with van der Waals surface area (Å²) < 4.78 is 5.96. The van der Waals surface area contributed by atoms with Crippen LogP contribution in [0.5, 0.6) is 5.75 Å². The highest BCUT2D eigenvalue weighted by molar-refractivity contribution is 5.83. The van der Waals surface area contributed by atoms with Crippen molar-refractivity contribution in [3.8, 4) is 5.75 Å². The van der Waals surface area contributed by atoms with Gasteiger partial charge in [0.2, 0.25) is 5.91 Å². The monoisotopic (exact) mass is 302 g/mol. The molecule has 1 aliphatic carbocycles. The minimum atomic E-state index is -0.359. The zero-order valence-corrected chi connectivity index (χ0v) is 13.7. The van der Waals surface area contributed by atoms with Crippen LogP contribution in [-0.2, 0) is 11.2 Å². The van der Waals surface area contributed by atoms with Crippen LogP contribution < -0.4 is 15.4 Å². The van der Waals surface area contributed by atoms with Gasteiger partial charge in [0.05, 0.1) is 5.54 Å². The fourth-order valence-electron chi connectivity index (χ4n) is 3.46. The lowest BCUT2D eigenvalue weighted by atomic mass is 10.1. The molecule has 0 radical (unpaired) electrons. The molecule has 2 atom stereocenters. The minimum absolute atomic E-state index is 0.189. The molecule has 0 aromatic heterocycles. The Balaban J connectivity index is 1.53. The van der Waals surface area contributed by atoms with Crippen LogP contribution in [0.3, 0.4) is 0 Å². The molecule has 1 saturated carbocycles. The Kier molecular flexibility index (Phi) is 4.13. The predicted molar refractivity (Wildman–Crippen MR) is 86.9 cm³/mol. The number of hydrogen-bond donors (Lipinski definition) is 2. The smallest absolute Gasteiger partial charge is 0.224 e. The molecule has 4 heteroatoms. The highest BCUT2D eigenvalue weighted by Crippen LogP contribution is 2.48. The van der Waals surface area contributed by atoms with Gasteiger partial charge in [-0.05, 0) is 56.8 Å². The standard InChI is InChI=1S/C18H26N2O2/c1-4-12-7-5-6-8-15(12)22-11-18(2,3)20-17(21)16-13-9-19-10-14(13)16/h5-8,13-14,16,19H,4,9-11H2,1-3H3,(H,20,21). The fourth-order valence-corrected chi connectivity index (χ4v) is 3.46. The average Bonchev–Trinajstić information content (AvgIpc) is 2.99. The Morgan fingerprint density at radius 3 is 2.68 bits per heavy atom. The molecule has 1 heterocycles. The molecule has 120 valence electrons. The number of piperidine rings is 1. The van der Waals surface area contributed by atoms with Gasteiger partial charge in [-0.2, -0.15) is 0 Å². The number of rotatable bonds is 6. The normalized spacial score (nSPS) is 26.4. The highest BCUT2D eigenvalue weighted by atomic mass is 16.5. The zero-order valence-electron chi connectivity index (χ0n) is 13.7. The molecule has 3 rings (SSSR count). The molecule has 2 N–H and O–H groups in total. The number of hydrogen-bond acceptors (Lipinski definition) is 3. The van der Waals surface area contributed by atoms with Gasteiger partial charge in [-0.1, -0.05) is 25.1 Å². The molecule has 1 aliphatic heterocycles. The third-order valence-corrected chi connectivity index (χ3v) is 4.80. The molecule has 1 amide bonds. The van der Waals surface area contributed by atoms with E-state index in [2.05, 4.69) is 23.6 Å². The van der Waals surface area contributed by atoms with Gasteiger partial charge in [0.15, 0.2) is 0 Å². The fraction of sp³-hybridized carbons (Fsp3) is 0.611. The number of carbonyl (C=O) groups excluding carboxylic acids is 1. The molecule has 4 nitrogen and oxygen atoms in total. The van der Waals surface area contributed by atoms with Crippen molar-refractivity contribution in [2.24, 2.45) is 17.8 Å². The summed E-state index contributed by atoms with van der Waals surface area (Å²) in [5.74, 6) is 2.42. The third-order valence-electron chi connectivity index (χ3n) is 4.80. The van der Waals surface area contributed by atoms with Gasteiger partial charge in [-0.25, -0.2) is 0 Å². The van der Waals surface area contributed by atoms with Crippen molar-refractivity contribution in [2.75, 3.05) is 19.7 Å².